The second-order valence-corrected chi connectivity index (χ2v) is 5.47. The maximum absolute atomic E-state index is 12.1. The van der Waals surface area contributed by atoms with E-state index in [1.165, 1.54) is 19.1 Å². The molecule has 8 heteroatoms. The van der Waals surface area contributed by atoms with E-state index in [9.17, 15) is 22.8 Å². The van der Waals surface area contributed by atoms with Crippen LogP contribution in [0.3, 0.4) is 0 Å². The van der Waals surface area contributed by atoms with Gasteiger partial charge in [-0.25, -0.2) is 4.79 Å². The number of anilines is 1. The molecule has 1 unspecified atom stereocenters. The number of halogens is 3. The van der Waals surface area contributed by atoms with Crippen LogP contribution in [0.5, 0.6) is 5.75 Å². The van der Waals surface area contributed by atoms with Crippen LogP contribution in [0.25, 0.3) is 0 Å². The fraction of sp³-hybridized carbons (Fsp3) is 0.222. The molecule has 0 spiro atoms. The number of alkyl halides is 3. The molecule has 26 heavy (non-hydrogen) atoms. The van der Waals surface area contributed by atoms with Crippen LogP contribution in [0, 0.1) is 6.92 Å². The van der Waals surface area contributed by atoms with Crippen molar-refractivity contribution in [2.45, 2.75) is 26.3 Å². The SMILES string of the molecule is Cc1ccc(C(=O)OC(C)C(=O)Nc2ccc(OC(F)(F)F)cc2)cc1. The van der Waals surface area contributed by atoms with Crippen LogP contribution in [0.4, 0.5) is 18.9 Å². The standard InChI is InChI=1S/C18H16F3NO4/c1-11-3-5-13(6-4-11)17(24)25-12(2)16(23)22-14-7-9-15(10-8-14)26-18(19,20)21/h3-10,12H,1-2H3,(H,22,23). The predicted molar refractivity (Wildman–Crippen MR) is 87.8 cm³/mol. The molecule has 5 nitrogen and oxygen atoms in total. The number of nitrogens with one attached hydrogen (secondary N) is 1. The van der Waals surface area contributed by atoms with Gasteiger partial charge >= 0.3 is 12.3 Å². The Balaban J connectivity index is 1.92. The van der Waals surface area contributed by atoms with Gasteiger partial charge in [-0.05, 0) is 50.2 Å². The molecule has 0 aliphatic rings. The van der Waals surface area contributed by atoms with E-state index in [4.69, 9.17) is 4.74 Å². The first-order valence-electron chi connectivity index (χ1n) is 7.58. The summed E-state index contributed by atoms with van der Waals surface area (Å²) in [7, 11) is 0. The molecule has 1 atom stereocenters. The largest absolute Gasteiger partial charge is 0.573 e. The zero-order valence-corrected chi connectivity index (χ0v) is 14.0. The van der Waals surface area contributed by atoms with Gasteiger partial charge in [0.1, 0.15) is 5.75 Å². The summed E-state index contributed by atoms with van der Waals surface area (Å²) in [6, 6.07) is 11.3. The lowest BCUT2D eigenvalue weighted by Crippen LogP contribution is -2.30. The number of aryl methyl sites for hydroxylation is 1. The molecule has 0 bridgehead atoms. The highest BCUT2D eigenvalue weighted by atomic mass is 19.4. The molecule has 0 fully saturated rings. The van der Waals surface area contributed by atoms with E-state index in [-0.39, 0.29) is 5.69 Å². The third-order valence-electron chi connectivity index (χ3n) is 3.30. The molecule has 0 aliphatic carbocycles. The fourth-order valence-electron chi connectivity index (χ4n) is 1.96. The second-order valence-electron chi connectivity index (χ2n) is 5.47. The Morgan fingerprint density at radius 2 is 1.58 bits per heavy atom. The van der Waals surface area contributed by atoms with E-state index >= 15 is 0 Å². The van der Waals surface area contributed by atoms with Crippen molar-refractivity contribution in [1.29, 1.82) is 0 Å². The van der Waals surface area contributed by atoms with E-state index in [1.54, 1.807) is 24.3 Å². The zero-order chi connectivity index (χ0) is 19.3. The molecule has 0 saturated heterocycles. The van der Waals surface area contributed by atoms with Crippen molar-refractivity contribution in [1.82, 2.24) is 0 Å². The Morgan fingerprint density at radius 1 is 1.00 bits per heavy atom. The summed E-state index contributed by atoms with van der Waals surface area (Å²) in [5, 5.41) is 2.44. The number of benzene rings is 2. The first kappa shape index (κ1) is 19.3. The Kier molecular flexibility index (Phi) is 5.86. The van der Waals surface area contributed by atoms with Gasteiger partial charge < -0.3 is 14.8 Å². The summed E-state index contributed by atoms with van der Waals surface area (Å²) >= 11 is 0. The summed E-state index contributed by atoms with van der Waals surface area (Å²) < 4.78 is 45.1. The van der Waals surface area contributed by atoms with Crippen LogP contribution in [-0.4, -0.2) is 24.3 Å². The molecule has 0 aromatic heterocycles. The van der Waals surface area contributed by atoms with Crippen LogP contribution < -0.4 is 10.1 Å². The van der Waals surface area contributed by atoms with Crippen LogP contribution in [0.15, 0.2) is 48.5 Å². The minimum atomic E-state index is -4.79. The lowest BCUT2D eigenvalue weighted by Gasteiger charge is -2.14. The summed E-state index contributed by atoms with van der Waals surface area (Å²) in [4.78, 5) is 24.0. The van der Waals surface area contributed by atoms with Crippen LogP contribution in [0.1, 0.15) is 22.8 Å². The highest BCUT2D eigenvalue weighted by molar-refractivity contribution is 5.97. The molecule has 2 aromatic carbocycles. The molecular weight excluding hydrogens is 351 g/mol. The van der Waals surface area contributed by atoms with Crippen molar-refractivity contribution >= 4 is 17.6 Å². The Labute approximate surface area is 147 Å². The first-order valence-corrected chi connectivity index (χ1v) is 7.58. The number of rotatable bonds is 5. The molecule has 1 amide bonds. The summed E-state index contributed by atoms with van der Waals surface area (Å²) in [5.41, 5.74) is 1.52. The third kappa shape index (κ3) is 5.80. The number of carbonyl (C=O) groups excluding carboxylic acids is 2. The Hall–Kier alpha value is -3.03. The molecule has 0 aliphatic heterocycles. The highest BCUT2D eigenvalue weighted by Gasteiger charge is 2.31. The first-order chi connectivity index (χ1) is 12.1. The average Bonchev–Trinajstić information content (AvgIpc) is 2.55. The Morgan fingerprint density at radius 3 is 2.12 bits per heavy atom. The van der Waals surface area contributed by atoms with Gasteiger partial charge in [0.25, 0.3) is 5.91 Å². The number of hydrogen-bond donors (Lipinski definition) is 1. The minimum absolute atomic E-state index is 0.239. The molecule has 138 valence electrons. The normalized spacial score (nSPS) is 12.2. The number of carbonyl (C=O) groups is 2. The lowest BCUT2D eigenvalue weighted by molar-refractivity contribution is -0.274. The van der Waals surface area contributed by atoms with Crippen LogP contribution in [-0.2, 0) is 9.53 Å². The number of hydrogen-bond acceptors (Lipinski definition) is 4. The maximum atomic E-state index is 12.1. The van der Waals surface area contributed by atoms with E-state index in [1.807, 2.05) is 6.92 Å². The van der Waals surface area contributed by atoms with Crippen LogP contribution in [0.2, 0.25) is 0 Å². The summed E-state index contributed by atoms with van der Waals surface area (Å²) in [5.74, 6) is -1.68. The summed E-state index contributed by atoms with van der Waals surface area (Å²) in [6.07, 6.45) is -5.88. The van der Waals surface area contributed by atoms with Crippen molar-refractivity contribution in [3.05, 3.63) is 59.7 Å². The van der Waals surface area contributed by atoms with Gasteiger partial charge in [0, 0.05) is 5.69 Å². The van der Waals surface area contributed by atoms with E-state index in [0.29, 0.717) is 5.56 Å². The zero-order valence-electron chi connectivity index (χ0n) is 14.0. The molecule has 2 rings (SSSR count). The van der Waals surface area contributed by atoms with Crippen molar-refractivity contribution in [3.63, 3.8) is 0 Å². The molecular formula is C18H16F3NO4. The number of ether oxygens (including phenoxy) is 2. The topological polar surface area (TPSA) is 64.6 Å². The van der Waals surface area contributed by atoms with Crippen molar-refractivity contribution in [2.24, 2.45) is 0 Å². The number of amides is 1. The minimum Gasteiger partial charge on any atom is -0.449 e. The van der Waals surface area contributed by atoms with Crippen LogP contribution >= 0.6 is 0 Å². The van der Waals surface area contributed by atoms with E-state index in [2.05, 4.69) is 10.1 Å². The van der Waals surface area contributed by atoms with Gasteiger partial charge in [-0.15, -0.1) is 13.2 Å². The average molecular weight is 367 g/mol. The van der Waals surface area contributed by atoms with Crippen molar-refractivity contribution in [2.75, 3.05) is 5.32 Å². The summed E-state index contributed by atoms with van der Waals surface area (Å²) in [6.45, 7) is 3.26. The monoisotopic (exact) mass is 367 g/mol. The predicted octanol–water partition coefficient (Wildman–Crippen LogP) is 4.08. The Bertz CT molecular complexity index is 771. The number of esters is 1. The molecule has 2 aromatic rings. The molecule has 0 saturated carbocycles. The highest BCUT2D eigenvalue weighted by Crippen LogP contribution is 2.24. The van der Waals surface area contributed by atoms with E-state index < -0.39 is 30.1 Å². The van der Waals surface area contributed by atoms with Gasteiger partial charge in [0.05, 0.1) is 5.56 Å². The fourth-order valence-corrected chi connectivity index (χ4v) is 1.96. The maximum Gasteiger partial charge on any atom is 0.573 e. The van der Waals surface area contributed by atoms with Gasteiger partial charge in [0.2, 0.25) is 0 Å². The molecule has 0 heterocycles. The molecule has 0 radical (unpaired) electrons. The van der Waals surface area contributed by atoms with E-state index in [0.717, 1.165) is 17.7 Å². The quantitative estimate of drug-likeness (QED) is 0.809. The van der Waals surface area contributed by atoms with Gasteiger partial charge in [-0.3, -0.25) is 4.79 Å². The van der Waals surface area contributed by atoms with Crippen molar-refractivity contribution in [3.8, 4) is 5.75 Å². The second kappa shape index (κ2) is 7.90. The van der Waals surface area contributed by atoms with Gasteiger partial charge in [-0.2, -0.15) is 0 Å². The molecule has 1 N–H and O–H groups in total. The van der Waals surface area contributed by atoms with Gasteiger partial charge in [-0.1, -0.05) is 17.7 Å². The lowest BCUT2D eigenvalue weighted by atomic mass is 10.1. The van der Waals surface area contributed by atoms with Gasteiger partial charge in [0.15, 0.2) is 6.10 Å². The smallest absolute Gasteiger partial charge is 0.449 e. The van der Waals surface area contributed by atoms with Crippen molar-refractivity contribution < 1.29 is 32.2 Å². The third-order valence-corrected chi connectivity index (χ3v) is 3.30.